The average molecular weight is 483 g/mol. The van der Waals surface area contributed by atoms with Crippen LogP contribution in [0.2, 0.25) is 0 Å². The van der Waals surface area contributed by atoms with Gasteiger partial charge in [0.1, 0.15) is 18.7 Å². The second-order valence-electron chi connectivity index (χ2n) is 8.64. The SMILES string of the molecule is N#Cc1cccc(C[C@@H](NC(=O)[C@@H]2Cc3ccccc3CN2C(=O)OCc2ccccc2)C(N)=O)c1. The number of hydrogen-bond donors (Lipinski definition) is 2. The van der Waals surface area contributed by atoms with Crippen molar-refractivity contribution in [3.63, 3.8) is 0 Å². The first-order valence-electron chi connectivity index (χ1n) is 11.6. The van der Waals surface area contributed by atoms with E-state index in [1.807, 2.05) is 54.6 Å². The zero-order chi connectivity index (χ0) is 25.5. The van der Waals surface area contributed by atoms with Gasteiger partial charge in [0.15, 0.2) is 0 Å². The summed E-state index contributed by atoms with van der Waals surface area (Å²) in [6.45, 7) is 0.276. The van der Waals surface area contributed by atoms with Crippen LogP contribution < -0.4 is 11.1 Å². The van der Waals surface area contributed by atoms with Crippen LogP contribution in [0.15, 0.2) is 78.9 Å². The summed E-state index contributed by atoms with van der Waals surface area (Å²) in [5.41, 5.74) is 9.43. The van der Waals surface area contributed by atoms with Crippen molar-refractivity contribution in [3.05, 3.63) is 107 Å². The summed E-state index contributed by atoms with van der Waals surface area (Å²) >= 11 is 0. The normalized spacial score (nSPS) is 15.2. The van der Waals surface area contributed by atoms with Gasteiger partial charge in [-0.15, -0.1) is 0 Å². The summed E-state index contributed by atoms with van der Waals surface area (Å²) in [6, 6.07) is 23.8. The number of nitrogens with zero attached hydrogens (tertiary/aromatic N) is 2. The Labute approximate surface area is 209 Å². The molecule has 0 saturated heterocycles. The number of benzene rings is 3. The number of carbonyl (C=O) groups is 3. The van der Waals surface area contributed by atoms with Gasteiger partial charge in [-0.3, -0.25) is 14.5 Å². The number of rotatable bonds is 7. The monoisotopic (exact) mass is 482 g/mol. The van der Waals surface area contributed by atoms with Crippen molar-refractivity contribution in [2.75, 3.05) is 0 Å². The third kappa shape index (κ3) is 5.88. The van der Waals surface area contributed by atoms with Crippen LogP contribution in [0, 0.1) is 11.3 Å². The van der Waals surface area contributed by atoms with Crippen LogP contribution in [0.1, 0.15) is 27.8 Å². The van der Waals surface area contributed by atoms with Crippen LogP contribution in [-0.4, -0.2) is 34.9 Å². The molecule has 0 radical (unpaired) electrons. The molecular weight excluding hydrogens is 456 g/mol. The fraction of sp³-hybridized carbons (Fsp3) is 0.214. The van der Waals surface area contributed by atoms with Gasteiger partial charge in [0.05, 0.1) is 18.2 Å². The Morgan fingerprint density at radius 1 is 1.00 bits per heavy atom. The van der Waals surface area contributed by atoms with Crippen molar-refractivity contribution in [3.8, 4) is 6.07 Å². The van der Waals surface area contributed by atoms with E-state index >= 15 is 0 Å². The molecule has 182 valence electrons. The molecule has 0 fully saturated rings. The molecular formula is C28H26N4O4. The first kappa shape index (κ1) is 24.5. The van der Waals surface area contributed by atoms with E-state index < -0.39 is 30.0 Å². The maximum atomic E-state index is 13.4. The minimum absolute atomic E-state index is 0.0747. The fourth-order valence-electron chi connectivity index (χ4n) is 4.25. The lowest BCUT2D eigenvalue weighted by atomic mass is 9.93. The van der Waals surface area contributed by atoms with Gasteiger partial charge in [-0.2, -0.15) is 5.26 Å². The minimum atomic E-state index is -1.01. The van der Waals surface area contributed by atoms with E-state index in [2.05, 4.69) is 11.4 Å². The quantitative estimate of drug-likeness (QED) is 0.536. The molecule has 2 atom stereocenters. The van der Waals surface area contributed by atoms with E-state index in [0.29, 0.717) is 11.1 Å². The van der Waals surface area contributed by atoms with Gasteiger partial charge < -0.3 is 15.8 Å². The maximum Gasteiger partial charge on any atom is 0.411 e. The lowest BCUT2D eigenvalue weighted by Gasteiger charge is -2.35. The third-order valence-corrected chi connectivity index (χ3v) is 6.15. The highest BCUT2D eigenvalue weighted by Gasteiger charge is 2.37. The highest BCUT2D eigenvalue weighted by atomic mass is 16.6. The molecule has 8 heteroatoms. The second kappa shape index (κ2) is 11.2. The summed E-state index contributed by atoms with van der Waals surface area (Å²) in [4.78, 5) is 40.1. The number of primary amides is 1. The number of nitriles is 1. The smallest absolute Gasteiger partial charge is 0.411 e. The summed E-state index contributed by atoms with van der Waals surface area (Å²) in [7, 11) is 0. The van der Waals surface area contributed by atoms with Gasteiger partial charge in [-0.05, 0) is 34.4 Å². The van der Waals surface area contributed by atoms with Gasteiger partial charge in [-0.1, -0.05) is 66.7 Å². The number of ether oxygens (including phenoxy) is 1. The molecule has 0 bridgehead atoms. The Kier molecular flexibility index (Phi) is 7.61. The molecule has 0 aliphatic carbocycles. The van der Waals surface area contributed by atoms with Crippen LogP contribution in [0.4, 0.5) is 4.79 Å². The molecule has 4 rings (SSSR count). The molecule has 3 aromatic rings. The molecule has 3 amide bonds. The molecule has 0 unspecified atom stereocenters. The lowest BCUT2D eigenvalue weighted by molar-refractivity contribution is -0.131. The van der Waals surface area contributed by atoms with Crippen LogP contribution in [0.5, 0.6) is 0 Å². The molecule has 3 N–H and O–H groups in total. The van der Waals surface area contributed by atoms with Crippen molar-refractivity contribution in [2.24, 2.45) is 5.73 Å². The van der Waals surface area contributed by atoms with Gasteiger partial charge in [0.25, 0.3) is 0 Å². The number of carbonyl (C=O) groups excluding carboxylic acids is 3. The van der Waals surface area contributed by atoms with Crippen molar-refractivity contribution >= 4 is 17.9 Å². The van der Waals surface area contributed by atoms with E-state index in [1.54, 1.807) is 24.3 Å². The highest BCUT2D eigenvalue weighted by Crippen LogP contribution is 2.25. The first-order valence-corrected chi connectivity index (χ1v) is 11.6. The largest absolute Gasteiger partial charge is 0.445 e. The van der Waals surface area contributed by atoms with Crippen LogP contribution >= 0.6 is 0 Å². The van der Waals surface area contributed by atoms with Crippen molar-refractivity contribution in [1.82, 2.24) is 10.2 Å². The Balaban J connectivity index is 1.52. The molecule has 36 heavy (non-hydrogen) atoms. The number of fused-ring (bicyclic) bond motifs is 1. The summed E-state index contributed by atoms with van der Waals surface area (Å²) in [6.07, 6.45) is -0.221. The molecule has 0 saturated carbocycles. The zero-order valence-corrected chi connectivity index (χ0v) is 19.6. The topological polar surface area (TPSA) is 126 Å². The number of amides is 3. The predicted octanol–water partition coefficient (Wildman–Crippen LogP) is 2.83. The number of hydrogen-bond acceptors (Lipinski definition) is 5. The summed E-state index contributed by atoms with van der Waals surface area (Å²) in [5.74, 6) is -1.21. The Morgan fingerprint density at radius 3 is 2.42 bits per heavy atom. The predicted molar refractivity (Wildman–Crippen MR) is 132 cm³/mol. The Bertz CT molecular complexity index is 1300. The average Bonchev–Trinajstić information content (AvgIpc) is 2.91. The van der Waals surface area contributed by atoms with Crippen molar-refractivity contribution < 1.29 is 19.1 Å². The summed E-state index contributed by atoms with van der Waals surface area (Å²) in [5, 5.41) is 11.9. The highest BCUT2D eigenvalue weighted by molar-refractivity contribution is 5.91. The Morgan fingerprint density at radius 2 is 1.69 bits per heavy atom. The van der Waals surface area contributed by atoms with E-state index in [9.17, 15) is 14.4 Å². The lowest BCUT2D eigenvalue weighted by Crippen LogP contribution is -2.56. The molecule has 0 aromatic heterocycles. The van der Waals surface area contributed by atoms with Crippen LogP contribution in [0.25, 0.3) is 0 Å². The molecule has 1 aliphatic rings. The van der Waals surface area contributed by atoms with Crippen molar-refractivity contribution in [1.29, 1.82) is 5.26 Å². The molecule has 1 aliphatic heterocycles. The van der Waals surface area contributed by atoms with E-state index in [4.69, 9.17) is 15.7 Å². The molecule has 8 nitrogen and oxygen atoms in total. The molecule has 3 aromatic carbocycles. The molecule has 0 spiro atoms. The van der Waals surface area contributed by atoms with Gasteiger partial charge in [-0.25, -0.2) is 4.79 Å². The number of nitrogens with two attached hydrogens (primary N) is 1. The van der Waals surface area contributed by atoms with Crippen LogP contribution in [0.3, 0.4) is 0 Å². The molecule has 1 heterocycles. The summed E-state index contributed by atoms with van der Waals surface area (Å²) < 4.78 is 5.52. The number of nitrogens with one attached hydrogen (secondary N) is 1. The standard InChI is InChI=1S/C28H26N4O4/c29-16-21-10-6-9-20(13-21)14-24(26(30)33)31-27(34)25-15-22-11-4-5-12-23(22)17-32(25)28(35)36-18-19-7-2-1-3-8-19/h1-13,24-25H,14-15,17-18H2,(H2,30,33)(H,31,34)/t24-,25+/m1/s1. The van der Waals surface area contributed by atoms with E-state index in [0.717, 1.165) is 16.7 Å². The first-order chi connectivity index (χ1) is 17.4. The zero-order valence-electron chi connectivity index (χ0n) is 19.6. The maximum absolute atomic E-state index is 13.4. The third-order valence-electron chi connectivity index (χ3n) is 6.15. The Hall–Kier alpha value is -4.64. The van der Waals surface area contributed by atoms with Gasteiger partial charge in [0, 0.05) is 12.8 Å². The van der Waals surface area contributed by atoms with E-state index in [-0.39, 0.29) is 26.0 Å². The minimum Gasteiger partial charge on any atom is -0.445 e. The fourth-order valence-corrected chi connectivity index (χ4v) is 4.25. The van der Waals surface area contributed by atoms with Crippen LogP contribution in [-0.2, 0) is 40.3 Å². The van der Waals surface area contributed by atoms with E-state index in [1.165, 1.54) is 4.90 Å². The second-order valence-corrected chi connectivity index (χ2v) is 8.64. The van der Waals surface area contributed by atoms with Crippen molar-refractivity contribution in [2.45, 2.75) is 38.1 Å². The van der Waals surface area contributed by atoms with Gasteiger partial charge >= 0.3 is 6.09 Å². The van der Waals surface area contributed by atoms with Gasteiger partial charge in [0.2, 0.25) is 11.8 Å².